The summed E-state index contributed by atoms with van der Waals surface area (Å²) in [5, 5.41) is 19.7. The van der Waals surface area contributed by atoms with Crippen LogP contribution in [0.2, 0.25) is 0 Å². The molecule has 0 aliphatic heterocycles. The van der Waals surface area contributed by atoms with Crippen LogP contribution in [0, 0.1) is 32.1 Å². The Hall–Kier alpha value is -2.91. The number of anilines is 1. The van der Waals surface area contributed by atoms with Crippen LogP contribution in [0.15, 0.2) is 41.9 Å². The second-order valence-electron chi connectivity index (χ2n) is 5.53. The predicted molar refractivity (Wildman–Crippen MR) is 97.1 cm³/mol. The molecule has 24 heavy (non-hydrogen) atoms. The number of rotatable bonds is 4. The largest absolute Gasteiger partial charge is 0.345 e. The van der Waals surface area contributed by atoms with Gasteiger partial charge >= 0.3 is 0 Å². The molecule has 2 aromatic heterocycles. The van der Waals surface area contributed by atoms with E-state index in [0.717, 1.165) is 28.5 Å². The summed E-state index contributed by atoms with van der Waals surface area (Å²) in [6, 6.07) is 12.3. The zero-order chi connectivity index (χ0) is 17.1. The maximum Gasteiger partial charge on any atom is 0.135 e. The molecule has 3 rings (SSSR count). The van der Waals surface area contributed by atoms with Gasteiger partial charge in [-0.1, -0.05) is 12.1 Å². The van der Waals surface area contributed by atoms with Crippen LogP contribution in [0.1, 0.15) is 22.0 Å². The minimum absolute atomic E-state index is 0.503. The van der Waals surface area contributed by atoms with Crippen molar-refractivity contribution in [2.75, 3.05) is 5.32 Å². The van der Waals surface area contributed by atoms with Crippen molar-refractivity contribution in [3.63, 3.8) is 0 Å². The van der Waals surface area contributed by atoms with E-state index < -0.39 is 0 Å². The molecule has 6 heteroatoms. The molecule has 3 aromatic rings. The van der Waals surface area contributed by atoms with E-state index in [9.17, 15) is 5.26 Å². The number of nitrogens with one attached hydrogen (secondary N) is 1. The fourth-order valence-corrected chi connectivity index (χ4v) is 3.09. The normalized spacial score (nSPS) is 11.3. The second kappa shape index (κ2) is 6.69. The summed E-state index contributed by atoms with van der Waals surface area (Å²) in [7, 11) is 0. The molecule has 1 N–H and O–H groups in total. The fourth-order valence-electron chi connectivity index (χ4n) is 2.32. The summed E-state index contributed by atoms with van der Waals surface area (Å²) in [5.74, 6) is 0.805. The van der Waals surface area contributed by atoms with E-state index in [2.05, 4.69) is 27.5 Å². The van der Waals surface area contributed by atoms with Crippen molar-refractivity contribution in [2.24, 2.45) is 0 Å². The van der Waals surface area contributed by atoms with Gasteiger partial charge in [-0.3, -0.25) is 0 Å². The molecule has 0 amide bonds. The summed E-state index contributed by atoms with van der Waals surface area (Å²) in [5.41, 5.74) is 4.45. The molecule has 0 spiro atoms. The van der Waals surface area contributed by atoms with Crippen LogP contribution < -0.4 is 5.32 Å². The highest BCUT2D eigenvalue weighted by atomic mass is 32.1. The zero-order valence-corrected chi connectivity index (χ0v) is 14.6. The number of thiazole rings is 1. The predicted octanol–water partition coefficient (Wildman–Crippen LogP) is 4.23. The van der Waals surface area contributed by atoms with E-state index in [-0.39, 0.29) is 0 Å². The number of aryl methyl sites for hydroxylation is 3. The number of hydrogen-bond acceptors (Lipinski definition) is 5. The first-order valence-electron chi connectivity index (χ1n) is 7.50. The van der Waals surface area contributed by atoms with E-state index in [1.54, 1.807) is 6.20 Å². The van der Waals surface area contributed by atoms with E-state index in [1.807, 2.05) is 55.1 Å². The fraction of sp³-hybridized carbons (Fsp3) is 0.167. The molecule has 0 saturated carbocycles. The molecular weight excluding hydrogens is 318 g/mol. The topological polar surface area (TPSA) is 66.5 Å². The maximum absolute atomic E-state index is 9.38. The van der Waals surface area contributed by atoms with Crippen LogP contribution in [0.25, 0.3) is 11.3 Å². The minimum atomic E-state index is 0.503. The van der Waals surface area contributed by atoms with Gasteiger partial charge in [-0.2, -0.15) is 10.4 Å². The molecule has 0 aliphatic rings. The summed E-state index contributed by atoms with van der Waals surface area (Å²) < 4.78 is 1.83. The standard InChI is InChI=1S/C18H17N5S/c1-12-5-4-6-16(7-12)23-17(8-13(2)22-23)20-10-15(9-19)18-21-14(3)11-24-18/h4-8,10-11,20H,1-3H3/b15-10+. The van der Waals surface area contributed by atoms with Crippen molar-refractivity contribution in [2.45, 2.75) is 20.8 Å². The Morgan fingerprint density at radius 1 is 1.25 bits per heavy atom. The van der Waals surface area contributed by atoms with Gasteiger partial charge in [0.1, 0.15) is 22.5 Å². The summed E-state index contributed by atoms with van der Waals surface area (Å²) >= 11 is 1.46. The van der Waals surface area contributed by atoms with Crippen LogP contribution in [0.4, 0.5) is 5.82 Å². The molecule has 0 aliphatic carbocycles. The number of allylic oxidation sites excluding steroid dienone is 1. The monoisotopic (exact) mass is 335 g/mol. The van der Waals surface area contributed by atoms with Crippen LogP contribution in [-0.4, -0.2) is 14.8 Å². The Balaban J connectivity index is 1.93. The highest BCUT2D eigenvalue weighted by Crippen LogP contribution is 2.21. The average molecular weight is 335 g/mol. The molecule has 120 valence electrons. The van der Waals surface area contributed by atoms with Crippen LogP contribution in [0.3, 0.4) is 0 Å². The number of hydrogen-bond donors (Lipinski definition) is 1. The highest BCUT2D eigenvalue weighted by Gasteiger charge is 2.09. The van der Waals surface area contributed by atoms with Gasteiger partial charge in [-0.05, 0) is 38.5 Å². The summed E-state index contributed by atoms with van der Waals surface area (Å²) in [4.78, 5) is 4.36. The van der Waals surface area contributed by atoms with Crippen LogP contribution in [0.5, 0.6) is 0 Å². The third kappa shape index (κ3) is 3.36. The van der Waals surface area contributed by atoms with Gasteiger partial charge in [-0.25, -0.2) is 9.67 Å². The van der Waals surface area contributed by atoms with Gasteiger partial charge in [0.05, 0.1) is 11.4 Å². The Morgan fingerprint density at radius 3 is 2.75 bits per heavy atom. The lowest BCUT2D eigenvalue weighted by Crippen LogP contribution is -2.02. The Morgan fingerprint density at radius 2 is 2.08 bits per heavy atom. The lowest BCUT2D eigenvalue weighted by molar-refractivity contribution is 0.868. The van der Waals surface area contributed by atoms with E-state index >= 15 is 0 Å². The molecule has 0 fully saturated rings. The van der Waals surface area contributed by atoms with Crippen molar-refractivity contribution in [3.8, 4) is 11.8 Å². The minimum Gasteiger partial charge on any atom is -0.345 e. The third-order valence-corrected chi connectivity index (χ3v) is 4.41. The molecule has 2 heterocycles. The quantitative estimate of drug-likeness (QED) is 0.725. The summed E-state index contributed by atoms with van der Waals surface area (Å²) in [6.07, 6.45) is 1.68. The molecule has 0 saturated heterocycles. The molecule has 0 bridgehead atoms. The van der Waals surface area contributed by atoms with Gasteiger partial charge in [0.25, 0.3) is 0 Å². The van der Waals surface area contributed by atoms with E-state index in [4.69, 9.17) is 0 Å². The third-order valence-electron chi connectivity index (χ3n) is 3.41. The Bertz CT molecular complexity index is 942. The van der Waals surface area contributed by atoms with Crippen molar-refractivity contribution in [1.29, 1.82) is 5.26 Å². The lowest BCUT2D eigenvalue weighted by atomic mass is 10.2. The number of nitrogens with zero attached hydrogens (tertiary/aromatic N) is 4. The van der Waals surface area contributed by atoms with Crippen molar-refractivity contribution >= 4 is 22.7 Å². The van der Waals surface area contributed by atoms with Gasteiger partial charge < -0.3 is 5.32 Å². The smallest absolute Gasteiger partial charge is 0.135 e. The number of nitriles is 1. The molecule has 0 atom stereocenters. The molecule has 1 aromatic carbocycles. The number of benzene rings is 1. The Kier molecular flexibility index (Phi) is 4.45. The SMILES string of the molecule is Cc1cccc(-n2nc(C)cc2N/C=C(\C#N)c2nc(C)cs2)c1. The van der Waals surface area contributed by atoms with Gasteiger partial charge in [-0.15, -0.1) is 11.3 Å². The molecule has 0 unspecified atom stereocenters. The van der Waals surface area contributed by atoms with Crippen molar-refractivity contribution < 1.29 is 0 Å². The van der Waals surface area contributed by atoms with Gasteiger partial charge in [0.2, 0.25) is 0 Å². The van der Waals surface area contributed by atoms with E-state index in [0.29, 0.717) is 10.6 Å². The summed E-state index contributed by atoms with van der Waals surface area (Å²) in [6.45, 7) is 5.90. The Labute approximate surface area is 144 Å². The first-order valence-corrected chi connectivity index (χ1v) is 8.38. The van der Waals surface area contributed by atoms with Crippen LogP contribution >= 0.6 is 11.3 Å². The maximum atomic E-state index is 9.38. The van der Waals surface area contributed by atoms with Crippen molar-refractivity contribution in [3.05, 3.63) is 63.9 Å². The van der Waals surface area contributed by atoms with Crippen LogP contribution in [-0.2, 0) is 0 Å². The first-order chi connectivity index (χ1) is 11.6. The van der Waals surface area contributed by atoms with Gasteiger partial charge in [0, 0.05) is 23.3 Å². The molecule has 5 nitrogen and oxygen atoms in total. The highest BCUT2D eigenvalue weighted by molar-refractivity contribution is 7.10. The molecular formula is C18H17N5S. The molecule has 0 radical (unpaired) electrons. The zero-order valence-electron chi connectivity index (χ0n) is 13.7. The number of aromatic nitrogens is 3. The van der Waals surface area contributed by atoms with E-state index in [1.165, 1.54) is 11.3 Å². The first kappa shape index (κ1) is 16.0. The van der Waals surface area contributed by atoms with Gasteiger partial charge in [0.15, 0.2) is 0 Å². The second-order valence-corrected chi connectivity index (χ2v) is 6.39. The lowest BCUT2D eigenvalue weighted by Gasteiger charge is -2.08. The average Bonchev–Trinajstić information content (AvgIpc) is 3.14. The van der Waals surface area contributed by atoms with Crippen molar-refractivity contribution in [1.82, 2.24) is 14.8 Å².